The summed E-state index contributed by atoms with van der Waals surface area (Å²) < 4.78 is 84.8. The second-order valence-corrected chi connectivity index (χ2v) is 4.50. The number of carbonyl (C=O) groups excluding carboxylic acids is 2. The molecule has 1 unspecified atom stereocenters. The van der Waals surface area contributed by atoms with Crippen LogP contribution in [0.15, 0.2) is 25.2 Å². The van der Waals surface area contributed by atoms with Crippen molar-refractivity contribution in [2.24, 2.45) is 0 Å². The van der Waals surface area contributed by atoms with Gasteiger partial charge in [-0.25, -0.2) is 4.79 Å². The Kier molecular flexibility index (Phi) is 7.16. The standard InChI is InChI=1S/C11H11F6NO4S/c1-3-18-8(20)10(11(15,16)17,22-7(19)6(2)12)21-5-4-9(13,14)23/h3,23H,1-2,4-5H2,(H,18,20). The van der Waals surface area contributed by atoms with E-state index in [2.05, 4.69) is 35.3 Å². The third-order valence-electron chi connectivity index (χ3n) is 2.07. The largest absolute Gasteiger partial charge is 0.466 e. The molecule has 0 spiro atoms. The van der Waals surface area contributed by atoms with Gasteiger partial charge in [-0.15, -0.1) is 12.6 Å². The van der Waals surface area contributed by atoms with Crippen molar-refractivity contribution in [3.05, 3.63) is 25.2 Å². The Hall–Kier alpha value is -1.69. The maximum Gasteiger partial charge on any atom is 0.466 e. The lowest BCUT2D eigenvalue weighted by molar-refractivity contribution is -0.348. The highest BCUT2D eigenvalue weighted by Gasteiger charge is 2.66. The molecule has 0 bridgehead atoms. The number of alkyl halides is 5. The number of halogens is 6. The Morgan fingerprint density at radius 3 is 2.09 bits per heavy atom. The topological polar surface area (TPSA) is 64.6 Å². The van der Waals surface area contributed by atoms with Crippen molar-refractivity contribution in [1.82, 2.24) is 5.32 Å². The van der Waals surface area contributed by atoms with Crippen LogP contribution >= 0.6 is 12.6 Å². The van der Waals surface area contributed by atoms with Crippen LogP contribution in [0.5, 0.6) is 0 Å². The molecule has 0 aliphatic heterocycles. The molecule has 0 heterocycles. The smallest absolute Gasteiger partial charge is 0.410 e. The first-order chi connectivity index (χ1) is 10.3. The van der Waals surface area contributed by atoms with Gasteiger partial charge < -0.3 is 14.8 Å². The fraction of sp³-hybridized carbons (Fsp3) is 0.455. The number of ether oxygens (including phenoxy) is 2. The van der Waals surface area contributed by atoms with Gasteiger partial charge in [-0.3, -0.25) is 4.79 Å². The van der Waals surface area contributed by atoms with Gasteiger partial charge in [0.1, 0.15) is 0 Å². The van der Waals surface area contributed by atoms with Crippen LogP contribution in [0.1, 0.15) is 6.42 Å². The van der Waals surface area contributed by atoms with E-state index in [1.165, 1.54) is 5.32 Å². The number of rotatable bonds is 8. The molecule has 0 aromatic rings. The van der Waals surface area contributed by atoms with Gasteiger partial charge in [0.05, 0.1) is 6.61 Å². The average molecular weight is 367 g/mol. The van der Waals surface area contributed by atoms with Crippen LogP contribution in [0.4, 0.5) is 26.3 Å². The highest BCUT2D eigenvalue weighted by atomic mass is 32.1. The van der Waals surface area contributed by atoms with Gasteiger partial charge >= 0.3 is 23.8 Å². The molecule has 0 rings (SSSR count). The van der Waals surface area contributed by atoms with Crippen LogP contribution in [0.2, 0.25) is 0 Å². The molecule has 1 N–H and O–H groups in total. The van der Waals surface area contributed by atoms with E-state index >= 15 is 0 Å². The highest BCUT2D eigenvalue weighted by molar-refractivity contribution is 7.81. The summed E-state index contributed by atoms with van der Waals surface area (Å²) in [6.45, 7) is 3.91. The minimum atomic E-state index is -5.73. The van der Waals surface area contributed by atoms with Gasteiger partial charge in [0.15, 0.2) is 0 Å². The van der Waals surface area contributed by atoms with E-state index < -0.39 is 47.9 Å². The van der Waals surface area contributed by atoms with E-state index in [1.807, 2.05) is 0 Å². The molecule has 1 amide bonds. The first-order valence-electron chi connectivity index (χ1n) is 5.57. The Labute approximate surface area is 131 Å². The summed E-state index contributed by atoms with van der Waals surface area (Å²) >= 11 is 2.76. The van der Waals surface area contributed by atoms with Crippen molar-refractivity contribution < 1.29 is 45.4 Å². The SMILES string of the molecule is C=CNC(=O)C(OCCC(F)(F)S)(OC(=O)C(=C)F)C(F)(F)F. The maximum atomic E-state index is 13.1. The van der Waals surface area contributed by atoms with Crippen LogP contribution < -0.4 is 5.32 Å². The fourth-order valence-electron chi connectivity index (χ4n) is 1.10. The Balaban J connectivity index is 5.66. The fourth-order valence-corrected chi connectivity index (χ4v) is 1.19. The molecule has 1 atom stereocenters. The van der Waals surface area contributed by atoms with E-state index in [0.717, 1.165) is 0 Å². The highest BCUT2D eigenvalue weighted by Crippen LogP contribution is 2.37. The molecule has 0 aliphatic carbocycles. The Bertz CT molecular complexity index is 490. The lowest BCUT2D eigenvalue weighted by atomic mass is 10.2. The van der Waals surface area contributed by atoms with Crippen LogP contribution in [-0.4, -0.2) is 35.7 Å². The Morgan fingerprint density at radius 1 is 1.22 bits per heavy atom. The first-order valence-corrected chi connectivity index (χ1v) is 6.02. The quantitative estimate of drug-likeness (QED) is 0.227. The molecule has 132 valence electrons. The predicted octanol–water partition coefficient (Wildman–Crippen LogP) is 2.46. The number of hydrogen-bond donors (Lipinski definition) is 2. The third-order valence-corrected chi connectivity index (χ3v) is 2.29. The molecule has 0 saturated heterocycles. The van der Waals surface area contributed by atoms with Crippen molar-refractivity contribution in [2.75, 3.05) is 6.61 Å². The van der Waals surface area contributed by atoms with E-state index in [9.17, 15) is 35.9 Å². The maximum absolute atomic E-state index is 13.1. The van der Waals surface area contributed by atoms with Crippen molar-refractivity contribution >= 4 is 24.5 Å². The third kappa shape index (κ3) is 6.14. The second-order valence-electron chi connectivity index (χ2n) is 3.85. The van der Waals surface area contributed by atoms with Crippen molar-refractivity contribution in [3.63, 3.8) is 0 Å². The van der Waals surface area contributed by atoms with Crippen molar-refractivity contribution in [2.45, 2.75) is 23.6 Å². The normalized spacial score (nSPS) is 14.6. The average Bonchev–Trinajstić information content (AvgIpc) is 2.34. The molecule has 5 nitrogen and oxygen atoms in total. The zero-order valence-corrected chi connectivity index (χ0v) is 12.1. The monoisotopic (exact) mass is 367 g/mol. The minimum absolute atomic E-state index is 0.484. The van der Waals surface area contributed by atoms with Gasteiger partial charge in [0, 0.05) is 6.42 Å². The lowest BCUT2D eigenvalue weighted by Gasteiger charge is -2.32. The molecule has 0 aromatic heterocycles. The number of thiol groups is 1. The van der Waals surface area contributed by atoms with E-state index in [4.69, 9.17) is 0 Å². The number of nitrogens with one attached hydrogen (secondary N) is 1. The van der Waals surface area contributed by atoms with Gasteiger partial charge in [-0.2, -0.15) is 26.3 Å². The number of hydrogen-bond acceptors (Lipinski definition) is 5. The summed E-state index contributed by atoms with van der Waals surface area (Å²) in [5.41, 5.74) is 0. The zero-order chi connectivity index (χ0) is 18.5. The molecule has 12 heteroatoms. The van der Waals surface area contributed by atoms with Crippen LogP contribution in [-0.2, 0) is 19.1 Å². The zero-order valence-electron chi connectivity index (χ0n) is 11.3. The molecule has 0 radical (unpaired) electrons. The molecular weight excluding hydrogens is 356 g/mol. The summed E-state index contributed by atoms with van der Waals surface area (Å²) in [4.78, 5) is 22.6. The molecule has 0 saturated carbocycles. The van der Waals surface area contributed by atoms with Crippen LogP contribution in [0, 0.1) is 0 Å². The van der Waals surface area contributed by atoms with Crippen molar-refractivity contribution in [3.8, 4) is 0 Å². The Morgan fingerprint density at radius 2 is 1.74 bits per heavy atom. The van der Waals surface area contributed by atoms with Gasteiger partial charge in [0.25, 0.3) is 5.25 Å². The molecular formula is C11H11F6NO4S. The van der Waals surface area contributed by atoms with Gasteiger partial charge in [-0.1, -0.05) is 13.2 Å². The van der Waals surface area contributed by atoms with E-state index in [0.29, 0.717) is 6.20 Å². The number of carbonyl (C=O) groups is 2. The summed E-state index contributed by atoms with van der Waals surface area (Å²) in [6.07, 6.45) is -6.60. The predicted molar refractivity (Wildman–Crippen MR) is 68.0 cm³/mol. The lowest BCUT2D eigenvalue weighted by Crippen LogP contribution is -2.61. The van der Waals surface area contributed by atoms with Crippen molar-refractivity contribution in [1.29, 1.82) is 0 Å². The molecule has 0 aromatic carbocycles. The minimum Gasteiger partial charge on any atom is -0.410 e. The molecule has 0 fully saturated rings. The summed E-state index contributed by atoms with van der Waals surface area (Å²) in [5, 5.41) is -2.29. The second kappa shape index (κ2) is 7.73. The van der Waals surface area contributed by atoms with E-state index in [1.54, 1.807) is 0 Å². The molecule has 23 heavy (non-hydrogen) atoms. The summed E-state index contributed by atoms with van der Waals surface area (Å²) in [7, 11) is 0. The summed E-state index contributed by atoms with van der Waals surface area (Å²) in [6, 6.07) is 0. The number of esters is 1. The van der Waals surface area contributed by atoms with Crippen LogP contribution in [0.3, 0.4) is 0 Å². The summed E-state index contributed by atoms with van der Waals surface area (Å²) in [5.74, 6) is -10.7. The van der Waals surface area contributed by atoms with Crippen LogP contribution in [0.25, 0.3) is 0 Å². The number of amides is 1. The van der Waals surface area contributed by atoms with Gasteiger partial charge in [0.2, 0.25) is 5.83 Å². The van der Waals surface area contributed by atoms with E-state index in [-0.39, 0.29) is 0 Å². The first kappa shape index (κ1) is 21.3. The molecule has 0 aliphatic rings. The van der Waals surface area contributed by atoms with Gasteiger partial charge in [-0.05, 0) is 6.20 Å².